The van der Waals surface area contributed by atoms with Crippen molar-refractivity contribution in [3.8, 4) is 0 Å². The van der Waals surface area contributed by atoms with Crippen LogP contribution in [0.2, 0.25) is 0 Å². The van der Waals surface area contributed by atoms with Gasteiger partial charge in [0.05, 0.1) is 12.6 Å². The molecule has 0 aromatic carbocycles. The number of ether oxygens (including phenoxy) is 1. The Labute approximate surface area is 103 Å². The average Bonchev–Trinajstić information content (AvgIpc) is 2.67. The molecule has 1 aromatic heterocycles. The smallest absolute Gasteiger partial charge is 0.146 e. The van der Waals surface area contributed by atoms with E-state index in [1.807, 2.05) is 0 Å². The molecule has 1 aromatic rings. The molecule has 0 aliphatic heterocycles. The lowest BCUT2D eigenvalue weighted by Gasteiger charge is -2.13. The summed E-state index contributed by atoms with van der Waals surface area (Å²) in [5.41, 5.74) is 5.67. The maximum Gasteiger partial charge on any atom is 0.146 e. The van der Waals surface area contributed by atoms with Gasteiger partial charge in [0.1, 0.15) is 11.6 Å². The monoisotopic (exact) mass is 240 g/mol. The first-order chi connectivity index (χ1) is 8.08. The van der Waals surface area contributed by atoms with Crippen LogP contribution in [-0.4, -0.2) is 28.0 Å². The van der Waals surface area contributed by atoms with E-state index in [0.717, 1.165) is 31.0 Å². The third-order valence-corrected chi connectivity index (χ3v) is 2.81. The molecule has 0 aliphatic carbocycles. The van der Waals surface area contributed by atoms with Crippen LogP contribution in [0.4, 0.5) is 0 Å². The number of nitrogens with zero attached hydrogens (tertiary/aromatic N) is 3. The van der Waals surface area contributed by atoms with Crippen molar-refractivity contribution in [2.24, 2.45) is 11.7 Å². The number of aromatic nitrogens is 3. The van der Waals surface area contributed by atoms with Gasteiger partial charge in [0, 0.05) is 20.1 Å². The molecule has 1 heterocycles. The van der Waals surface area contributed by atoms with Gasteiger partial charge in [-0.2, -0.15) is 0 Å². The summed E-state index contributed by atoms with van der Waals surface area (Å²) in [4.78, 5) is 0. The first-order valence-electron chi connectivity index (χ1n) is 6.22. The average molecular weight is 240 g/mol. The van der Waals surface area contributed by atoms with Crippen molar-refractivity contribution in [1.29, 1.82) is 0 Å². The van der Waals surface area contributed by atoms with E-state index >= 15 is 0 Å². The zero-order valence-corrected chi connectivity index (χ0v) is 11.3. The number of hydrogen-bond donors (Lipinski definition) is 1. The number of hydrogen-bond acceptors (Lipinski definition) is 4. The first kappa shape index (κ1) is 14.1. The van der Waals surface area contributed by atoms with Crippen molar-refractivity contribution in [3.63, 3.8) is 0 Å². The van der Waals surface area contributed by atoms with Gasteiger partial charge in [0.25, 0.3) is 0 Å². The molecule has 0 fully saturated rings. The quantitative estimate of drug-likeness (QED) is 0.781. The van der Waals surface area contributed by atoms with Crippen LogP contribution in [0.1, 0.15) is 38.8 Å². The van der Waals surface area contributed by atoms with Crippen LogP contribution in [0.3, 0.4) is 0 Å². The zero-order valence-electron chi connectivity index (χ0n) is 11.3. The lowest BCUT2D eigenvalue weighted by atomic mass is 10.2. The summed E-state index contributed by atoms with van der Waals surface area (Å²) in [6.07, 6.45) is 2.09. The molecule has 5 nitrogen and oxygen atoms in total. The van der Waals surface area contributed by atoms with Crippen LogP contribution < -0.4 is 5.73 Å². The van der Waals surface area contributed by atoms with Gasteiger partial charge in [-0.15, -0.1) is 10.2 Å². The molecule has 1 unspecified atom stereocenters. The number of rotatable bonds is 7. The summed E-state index contributed by atoms with van der Waals surface area (Å²) in [6.45, 7) is 7.80. The van der Waals surface area contributed by atoms with Crippen molar-refractivity contribution in [3.05, 3.63) is 11.6 Å². The van der Waals surface area contributed by atoms with Crippen LogP contribution in [0.15, 0.2) is 0 Å². The summed E-state index contributed by atoms with van der Waals surface area (Å²) >= 11 is 0. The summed E-state index contributed by atoms with van der Waals surface area (Å²) < 4.78 is 7.39. The Morgan fingerprint density at radius 2 is 1.88 bits per heavy atom. The summed E-state index contributed by atoms with van der Waals surface area (Å²) in [5, 5.41) is 8.36. The minimum Gasteiger partial charge on any atom is -0.382 e. The van der Waals surface area contributed by atoms with E-state index in [4.69, 9.17) is 10.5 Å². The molecular weight excluding hydrogens is 216 g/mol. The predicted octanol–water partition coefficient (Wildman–Crippen LogP) is 1.36. The second kappa shape index (κ2) is 6.71. The van der Waals surface area contributed by atoms with Crippen LogP contribution in [0, 0.1) is 5.92 Å². The largest absolute Gasteiger partial charge is 0.382 e. The maximum absolute atomic E-state index is 5.67. The molecule has 5 heteroatoms. The second-order valence-corrected chi connectivity index (χ2v) is 4.83. The number of nitrogens with two attached hydrogens (primary N) is 1. The Morgan fingerprint density at radius 3 is 2.41 bits per heavy atom. The fourth-order valence-electron chi connectivity index (χ4n) is 1.73. The van der Waals surface area contributed by atoms with Crippen molar-refractivity contribution in [1.82, 2.24) is 14.8 Å². The van der Waals surface area contributed by atoms with E-state index in [0.29, 0.717) is 12.5 Å². The SMILES string of the molecule is COC(C)CCc1nnc(CN)n1CC(C)C. The summed E-state index contributed by atoms with van der Waals surface area (Å²) in [7, 11) is 1.73. The van der Waals surface area contributed by atoms with Crippen molar-refractivity contribution in [2.75, 3.05) is 7.11 Å². The Bertz CT molecular complexity index is 335. The van der Waals surface area contributed by atoms with E-state index in [2.05, 4.69) is 35.5 Å². The maximum atomic E-state index is 5.67. The zero-order chi connectivity index (χ0) is 12.8. The van der Waals surface area contributed by atoms with E-state index < -0.39 is 0 Å². The predicted molar refractivity (Wildman–Crippen MR) is 67.5 cm³/mol. The Morgan fingerprint density at radius 1 is 1.24 bits per heavy atom. The third-order valence-electron chi connectivity index (χ3n) is 2.81. The summed E-state index contributed by atoms with van der Waals surface area (Å²) in [6, 6.07) is 0. The van der Waals surface area contributed by atoms with Crippen molar-refractivity contribution < 1.29 is 4.74 Å². The molecule has 98 valence electrons. The first-order valence-corrected chi connectivity index (χ1v) is 6.22. The van der Waals surface area contributed by atoms with Gasteiger partial charge in [0.15, 0.2) is 0 Å². The molecule has 0 spiro atoms. The van der Waals surface area contributed by atoms with Gasteiger partial charge >= 0.3 is 0 Å². The third kappa shape index (κ3) is 4.09. The highest BCUT2D eigenvalue weighted by Crippen LogP contribution is 2.10. The molecule has 0 saturated carbocycles. The van der Waals surface area contributed by atoms with Gasteiger partial charge < -0.3 is 15.0 Å². The molecule has 1 atom stereocenters. The van der Waals surface area contributed by atoms with Crippen LogP contribution in [-0.2, 0) is 24.2 Å². The summed E-state index contributed by atoms with van der Waals surface area (Å²) in [5.74, 6) is 2.46. The highest BCUT2D eigenvalue weighted by atomic mass is 16.5. The minimum atomic E-state index is 0.250. The van der Waals surface area contributed by atoms with Gasteiger partial charge in [-0.05, 0) is 19.3 Å². The van der Waals surface area contributed by atoms with Gasteiger partial charge in [-0.25, -0.2) is 0 Å². The second-order valence-electron chi connectivity index (χ2n) is 4.83. The van der Waals surface area contributed by atoms with E-state index in [1.54, 1.807) is 7.11 Å². The standard InChI is InChI=1S/C12H24N4O/c1-9(2)8-16-11(6-5-10(3)17-4)14-15-12(16)7-13/h9-10H,5-8,13H2,1-4H3. The number of aryl methyl sites for hydroxylation is 1. The van der Waals surface area contributed by atoms with Crippen molar-refractivity contribution in [2.45, 2.75) is 52.8 Å². The molecule has 17 heavy (non-hydrogen) atoms. The molecule has 0 aliphatic rings. The van der Waals surface area contributed by atoms with E-state index in [1.165, 1.54) is 0 Å². The Hall–Kier alpha value is -0.940. The van der Waals surface area contributed by atoms with Crippen LogP contribution in [0.5, 0.6) is 0 Å². The fraction of sp³-hybridized carbons (Fsp3) is 0.833. The highest BCUT2D eigenvalue weighted by Gasteiger charge is 2.13. The van der Waals surface area contributed by atoms with E-state index in [-0.39, 0.29) is 6.10 Å². The van der Waals surface area contributed by atoms with Crippen molar-refractivity contribution >= 4 is 0 Å². The fourth-order valence-corrected chi connectivity index (χ4v) is 1.73. The lowest BCUT2D eigenvalue weighted by Crippen LogP contribution is -2.16. The van der Waals surface area contributed by atoms with Crippen LogP contribution in [0.25, 0.3) is 0 Å². The molecule has 2 N–H and O–H groups in total. The van der Waals surface area contributed by atoms with Gasteiger partial charge in [-0.3, -0.25) is 0 Å². The lowest BCUT2D eigenvalue weighted by molar-refractivity contribution is 0.110. The molecule has 0 amide bonds. The van der Waals surface area contributed by atoms with Crippen LogP contribution >= 0.6 is 0 Å². The normalized spacial score (nSPS) is 13.3. The topological polar surface area (TPSA) is 66.0 Å². The Balaban J connectivity index is 2.73. The minimum absolute atomic E-state index is 0.250. The highest BCUT2D eigenvalue weighted by molar-refractivity contribution is 4.96. The molecule has 0 saturated heterocycles. The van der Waals surface area contributed by atoms with Gasteiger partial charge in [-0.1, -0.05) is 13.8 Å². The molecule has 0 radical (unpaired) electrons. The molecule has 0 bridgehead atoms. The molecular formula is C12H24N4O. The number of methoxy groups -OCH3 is 1. The molecule has 1 rings (SSSR count). The van der Waals surface area contributed by atoms with E-state index in [9.17, 15) is 0 Å². The van der Waals surface area contributed by atoms with Gasteiger partial charge in [0.2, 0.25) is 0 Å². The Kier molecular flexibility index (Phi) is 5.58.